The van der Waals surface area contributed by atoms with E-state index in [9.17, 15) is 4.79 Å². The van der Waals surface area contributed by atoms with Crippen LogP contribution in [0.15, 0.2) is 16.8 Å². The Balaban J connectivity index is 1.24. The second kappa shape index (κ2) is 7.60. The highest BCUT2D eigenvalue weighted by Gasteiger charge is 2.26. The Kier molecular flexibility index (Phi) is 5.04. The average molecular weight is 357 g/mol. The Morgan fingerprint density at radius 3 is 2.62 bits per heavy atom. The standard InChI is InChI=1S/C19H27N5O2/c1-23-13-16(12-20-23)14-8-10-24(11-9-14)18(25)7-6-17-21-22-19(26-17)15-4-2-3-5-15/h12-15H,2-11H2,1H3. The molecule has 1 aliphatic carbocycles. The molecule has 0 atom stereocenters. The summed E-state index contributed by atoms with van der Waals surface area (Å²) in [6.07, 6.45) is 11.8. The van der Waals surface area contributed by atoms with Crippen molar-refractivity contribution in [3.05, 3.63) is 29.7 Å². The maximum Gasteiger partial charge on any atom is 0.223 e. The summed E-state index contributed by atoms with van der Waals surface area (Å²) in [5.74, 6) is 2.50. The molecule has 7 nitrogen and oxygen atoms in total. The molecule has 2 aromatic heterocycles. The number of likely N-dealkylation sites (tertiary alicyclic amines) is 1. The molecule has 0 radical (unpaired) electrons. The molecule has 140 valence electrons. The molecule has 2 fully saturated rings. The summed E-state index contributed by atoms with van der Waals surface area (Å²) in [4.78, 5) is 14.5. The fourth-order valence-electron chi connectivity index (χ4n) is 4.19. The van der Waals surface area contributed by atoms with Gasteiger partial charge in [-0.2, -0.15) is 5.10 Å². The number of carbonyl (C=O) groups excluding carboxylic acids is 1. The summed E-state index contributed by atoms with van der Waals surface area (Å²) in [6, 6.07) is 0. The van der Waals surface area contributed by atoms with Gasteiger partial charge in [0.25, 0.3) is 0 Å². The SMILES string of the molecule is Cn1cc(C2CCN(C(=O)CCc3nnc(C4CCCC4)o3)CC2)cn1. The molecule has 0 aromatic carbocycles. The molecule has 1 aliphatic heterocycles. The highest BCUT2D eigenvalue weighted by Crippen LogP contribution is 2.33. The van der Waals surface area contributed by atoms with Crippen molar-refractivity contribution in [2.24, 2.45) is 7.05 Å². The summed E-state index contributed by atoms with van der Waals surface area (Å²) in [5, 5.41) is 12.6. The van der Waals surface area contributed by atoms with E-state index in [1.807, 2.05) is 22.8 Å². The molecule has 1 saturated heterocycles. The first kappa shape index (κ1) is 17.2. The predicted octanol–water partition coefficient (Wildman–Crippen LogP) is 2.80. The number of amides is 1. The van der Waals surface area contributed by atoms with Gasteiger partial charge in [0.05, 0.1) is 6.20 Å². The average Bonchev–Trinajstić information content (AvgIpc) is 3.41. The van der Waals surface area contributed by atoms with Crippen molar-refractivity contribution in [2.75, 3.05) is 13.1 Å². The lowest BCUT2D eigenvalue weighted by Crippen LogP contribution is -2.38. The van der Waals surface area contributed by atoms with E-state index in [2.05, 4.69) is 21.5 Å². The minimum absolute atomic E-state index is 0.190. The molecular weight excluding hydrogens is 330 g/mol. The van der Waals surface area contributed by atoms with Crippen LogP contribution >= 0.6 is 0 Å². The first-order valence-electron chi connectivity index (χ1n) is 9.77. The minimum Gasteiger partial charge on any atom is -0.425 e. The molecule has 2 aliphatic rings. The van der Waals surface area contributed by atoms with Crippen molar-refractivity contribution in [1.29, 1.82) is 0 Å². The molecule has 1 saturated carbocycles. The first-order chi connectivity index (χ1) is 12.7. The number of hydrogen-bond donors (Lipinski definition) is 0. The van der Waals surface area contributed by atoms with Gasteiger partial charge in [-0.3, -0.25) is 9.48 Å². The Morgan fingerprint density at radius 2 is 1.92 bits per heavy atom. The number of aryl methyl sites for hydroxylation is 2. The van der Waals surface area contributed by atoms with E-state index in [4.69, 9.17) is 4.42 Å². The van der Waals surface area contributed by atoms with Gasteiger partial charge in [0.1, 0.15) is 0 Å². The van der Waals surface area contributed by atoms with Crippen molar-refractivity contribution < 1.29 is 9.21 Å². The van der Waals surface area contributed by atoms with E-state index in [-0.39, 0.29) is 5.91 Å². The lowest BCUT2D eigenvalue weighted by Gasteiger charge is -2.31. The molecule has 1 amide bonds. The van der Waals surface area contributed by atoms with Crippen molar-refractivity contribution in [3.8, 4) is 0 Å². The van der Waals surface area contributed by atoms with Gasteiger partial charge in [0.2, 0.25) is 17.7 Å². The van der Waals surface area contributed by atoms with Crippen LogP contribution in [0, 0.1) is 0 Å². The fraction of sp³-hybridized carbons (Fsp3) is 0.684. The van der Waals surface area contributed by atoms with Crippen LogP contribution in [0.25, 0.3) is 0 Å². The molecule has 0 bridgehead atoms. The van der Waals surface area contributed by atoms with Crippen molar-refractivity contribution in [1.82, 2.24) is 24.9 Å². The molecule has 7 heteroatoms. The van der Waals surface area contributed by atoms with E-state index in [1.54, 1.807) is 0 Å². The van der Waals surface area contributed by atoms with Crippen molar-refractivity contribution >= 4 is 5.91 Å². The van der Waals surface area contributed by atoms with Crippen LogP contribution in [0.2, 0.25) is 0 Å². The highest BCUT2D eigenvalue weighted by molar-refractivity contribution is 5.76. The Hall–Kier alpha value is -2.18. The van der Waals surface area contributed by atoms with Gasteiger partial charge >= 0.3 is 0 Å². The normalized spacial score (nSPS) is 19.3. The van der Waals surface area contributed by atoms with E-state index >= 15 is 0 Å². The molecule has 0 N–H and O–H groups in total. The third-order valence-corrected chi connectivity index (χ3v) is 5.78. The quantitative estimate of drug-likeness (QED) is 0.822. The third-order valence-electron chi connectivity index (χ3n) is 5.78. The number of carbonyl (C=O) groups is 1. The molecule has 3 heterocycles. The minimum atomic E-state index is 0.190. The molecule has 4 rings (SSSR count). The molecule has 26 heavy (non-hydrogen) atoms. The van der Waals surface area contributed by atoms with Gasteiger partial charge in [0, 0.05) is 45.1 Å². The van der Waals surface area contributed by atoms with Crippen molar-refractivity contribution in [2.45, 2.75) is 63.2 Å². The number of hydrogen-bond acceptors (Lipinski definition) is 5. The maximum atomic E-state index is 12.5. The van der Waals surface area contributed by atoms with Crippen molar-refractivity contribution in [3.63, 3.8) is 0 Å². The first-order valence-corrected chi connectivity index (χ1v) is 9.77. The largest absolute Gasteiger partial charge is 0.425 e. The third kappa shape index (κ3) is 3.81. The summed E-state index contributed by atoms with van der Waals surface area (Å²) in [7, 11) is 1.94. The van der Waals surface area contributed by atoms with Crippen LogP contribution < -0.4 is 0 Å². The van der Waals surface area contributed by atoms with E-state index < -0.39 is 0 Å². The zero-order valence-electron chi connectivity index (χ0n) is 15.4. The zero-order chi connectivity index (χ0) is 17.9. The fourth-order valence-corrected chi connectivity index (χ4v) is 4.19. The monoisotopic (exact) mass is 357 g/mol. The molecule has 2 aromatic rings. The van der Waals surface area contributed by atoms with Crippen LogP contribution in [0.4, 0.5) is 0 Å². The van der Waals surface area contributed by atoms with E-state index in [1.165, 1.54) is 18.4 Å². The smallest absolute Gasteiger partial charge is 0.223 e. The Morgan fingerprint density at radius 1 is 1.15 bits per heavy atom. The second-order valence-corrected chi connectivity index (χ2v) is 7.62. The highest BCUT2D eigenvalue weighted by atomic mass is 16.4. The number of nitrogens with zero attached hydrogens (tertiary/aromatic N) is 5. The van der Waals surface area contributed by atoms with Gasteiger partial charge in [-0.25, -0.2) is 0 Å². The van der Waals surface area contributed by atoms with Gasteiger partial charge in [-0.05, 0) is 37.2 Å². The van der Waals surface area contributed by atoms with E-state index in [0.717, 1.165) is 44.7 Å². The Labute approximate surface area is 153 Å². The van der Waals surface area contributed by atoms with Crippen LogP contribution in [-0.2, 0) is 18.3 Å². The zero-order valence-corrected chi connectivity index (χ0v) is 15.4. The van der Waals surface area contributed by atoms with Gasteiger partial charge < -0.3 is 9.32 Å². The Bertz CT molecular complexity index is 739. The lowest BCUT2D eigenvalue weighted by molar-refractivity contribution is -0.132. The van der Waals surface area contributed by atoms with Crippen LogP contribution in [0.5, 0.6) is 0 Å². The molecule has 0 spiro atoms. The second-order valence-electron chi connectivity index (χ2n) is 7.62. The van der Waals surface area contributed by atoms with Crippen LogP contribution in [0.1, 0.15) is 74.1 Å². The molecular formula is C19H27N5O2. The predicted molar refractivity (Wildman–Crippen MR) is 95.6 cm³/mol. The lowest BCUT2D eigenvalue weighted by atomic mass is 9.91. The summed E-state index contributed by atoms with van der Waals surface area (Å²) in [6.45, 7) is 1.63. The number of piperidine rings is 1. The van der Waals surface area contributed by atoms with Gasteiger partial charge in [0.15, 0.2) is 0 Å². The van der Waals surface area contributed by atoms with Crippen LogP contribution in [-0.4, -0.2) is 43.9 Å². The number of aromatic nitrogens is 4. The number of rotatable bonds is 5. The maximum absolute atomic E-state index is 12.5. The summed E-state index contributed by atoms with van der Waals surface area (Å²) in [5.41, 5.74) is 1.28. The van der Waals surface area contributed by atoms with Gasteiger partial charge in [-0.1, -0.05) is 12.8 Å². The summed E-state index contributed by atoms with van der Waals surface area (Å²) < 4.78 is 7.62. The van der Waals surface area contributed by atoms with E-state index in [0.29, 0.717) is 30.6 Å². The summed E-state index contributed by atoms with van der Waals surface area (Å²) >= 11 is 0. The topological polar surface area (TPSA) is 77.0 Å². The molecule has 0 unspecified atom stereocenters. The van der Waals surface area contributed by atoms with Gasteiger partial charge in [-0.15, -0.1) is 10.2 Å². The van der Waals surface area contributed by atoms with Crippen LogP contribution in [0.3, 0.4) is 0 Å².